The summed E-state index contributed by atoms with van der Waals surface area (Å²) in [5.74, 6) is 2.43. The third-order valence-electron chi connectivity index (χ3n) is 5.14. The maximum atomic E-state index is 12.7. The largest absolute Gasteiger partial charge is 0.497 e. The van der Waals surface area contributed by atoms with Gasteiger partial charge in [-0.1, -0.05) is 18.2 Å². The molecule has 1 aliphatic rings. The van der Waals surface area contributed by atoms with Crippen LogP contribution in [-0.2, 0) is 11.2 Å². The van der Waals surface area contributed by atoms with E-state index in [2.05, 4.69) is 11.0 Å². The van der Waals surface area contributed by atoms with Crippen molar-refractivity contribution in [2.75, 3.05) is 52.4 Å². The zero-order chi connectivity index (χ0) is 19.9. The summed E-state index contributed by atoms with van der Waals surface area (Å²) in [7, 11) is 4.92. The molecule has 0 spiro atoms. The van der Waals surface area contributed by atoms with E-state index in [1.54, 1.807) is 21.3 Å². The van der Waals surface area contributed by atoms with Gasteiger partial charge in [0.25, 0.3) is 0 Å². The van der Waals surface area contributed by atoms with Crippen LogP contribution < -0.4 is 19.1 Å². The van der Waals surface area contributed by atoms with E-state index in [0.717, 1.165) is 43.2 Å². The average Bonchev–Trinajstić information content (AvgIpc) is 2.77. The monoisotopic (exact) mass is 384 g/mol. The topological polar surface area (TPSA) is 51.2 Å². The number of carbonyl (C=O) groups excluding carboxylic acids is 1. The third kappa shape index (κ3) is 4.50. The number of hydrogen-bond acceptors (Lipinski definition) is 5. The fourth-order valence-corrected chi connectivity index (χ4v) is 3.57. The Morgan fingerprint density at radius 3 is 2.36 bits per heavy atom. The van der Waals surface area contributed by atoms with Gasteiger partial charge < -0.3 is 24.0 Å². The van der Waals surface area contributed by atoms with Gasteiger partial charge in [-0.25, -0.2) is 0 Å². The first kappa shape index (κ1) is 19.9. The number of piperazine rings is 1. The van der Waals surface area contributed by atoms with E-state index in [9.17, 15) is 4.79 Å². The van der Waals surface area contributed by atoms with Crippen LogP contribution in [0.25, 0.3) is 0 Å². The second-order valence-electron chi connectivity index (χ2n) is 6.72. The third-order valence-corrected chi connectivity index (χ3v) is 5.14. The van der Waals surface area contributed by atoms with Crippen molar-refractivity contribution in [2.45, 2.75) is 12.8 Å². The maximum absolute atomic E-state index is 12.7. The Kier molecular flexibility index (Phi) is 6.63. The van der Waals surface area contributed by atoms with Crippen LogP contribution >= 0.6 is 0 Å². The van der Waals surface area contributed by atoms with Gasteiger partial charge >= 0.3 is 0 Å². The maximum Gasteiger partial charge on any atom is 0.223 e. The van der Waals surface area contributed by atoms with Gasteiger partial charge in [-0.15, -0.1) is 0 Å². The molecule has 0 bridgehead atoms. The molecule has 0 saturated carbocycles. The summed E-state index contributed by atoms with van der Waals surface area (Å²) >= 11 is 0. The molecule has 0 N–H and O–H groups in total. The molecule has 1 fully saturated rings. The number of amides is 1. The second-order valence-corrected chi connectivity index (χ2v) is 6.72. The van der Waals surface area contributed by atoms with Crippen molar-refractivity contribution in [3.8, 4) is 17.2 Å². The molecule has 1 amide bonds. The Bertz CT molecular complexity index is 801. The number of nitrogens with zero attached hydrogens (tertiary/aromatic N) is 2. The molecule has 28 heavy (non-hydrogen) atoms. The number of rotatable bonds is 7. The smallest absolute Gasteiger partial charge is 0.223 e. The molecule has 6 heteroatoms. The molecular weight excluding hydrogens is 356 g/mol. The lowest BCUT2D eigenvalue weighted by Crippen LogP contribution is -2.48. The van der Waals surface area contributed by atoms with E-state index in [-0.39, 0.29) is 5.91 Å². The Morgan fingerprint density at radius 1 is 0.929 bits per heavy atom. The van der Waals surface area contributed by atoms with Gasteiger partial charge in [0.2, 0.25) is 5.91 Å². The van der Waals surface area contributed by atoms with Crippen LogP contribution in [0.1, 0.15) is 12.0 Å². The summed E-state index contributed by atoms with van der Waals surface area (Å²) < 4.78 is 16.1. The zero-order valence-corrected chi connectivity index (χ0v) is 16.8. The number of anilines is 1. The van der Waals surface area contributed by atoms with Gasteiger partial charge in [-0.05, 0) is 30.2 Å². The van der Waals surface area contributed by atoms with Gasteiger partial charge in [0.1, 0.15) is 5.75 Å². The molecule has 0 radical (unpaired) electrons. The molecule has 0 atom stereocenters. The molecular formula is C22H28N2O4. The SMILES string of the molecule is COc1cccc(N2CCN(C(=O)CCc3cccc(OC)c3OC)CC2)c1. The first-order valence-electron chi connectivity index (χ1n) is 9.53. The minimum atomic E-state index is 0.176. The first-order chi connectivity index (χ1) is 13.7. The quantitative estimate of drug-likeness (QED) is 0.735. The number of carbonyl (C=O) groups is 1. The van der Waals surface area contributed by atoms with Gasteiger partial charge in [0.15, 0.2) is 11.5 Å². The minimum absolute atomic E-state index is 0.176. The Morgan fingerprint density at radius 2 is 1.68 bits per heavy atom. The standard InChI is InChI=1S/C22H28N2O4/c1-26-19-8-5-7-18(16-19)23-12-14-24(15-13-23)21(25)11-10-17-6-4-9-20(27-2)22(17)28-3/h4-9,16H,10-15H2,1-3H3. The number of aryl methyl sites for hydroxylation is 1. The first-order valence-corrected chi connectivity index (χ1v) is 9.53. The van der Waals surface area contributed by atoms with E-state index < -0.39 is 0 Å². The Balaban J connectivity index is 1.54. The lowest BCUT2D eigenvalue weighted by atomic mass is 10.1. The Hall–Kier alpha value is -2.89. The van der Waals surface area contributed by atoms with Gasteiger partial charge in [-0.3, -0.25) is 4.79 Å². The summed E-state index contributed by atoms with van der Waals surface area (Å²) in [6.07, 6.45) is 1.10. The highest BCUT2D eigenvalue weighted by atomic mass is 16.5. The van der Waals surface area contributed by atoms with Crippen molar-refractivity contribution in [1.82, 2.24) is 4.90 Å². The molecule has 1 saturated heterocycles. The fraction of sp³-hybridized carbons (Fsp3) is 0.409. The molecule has 1 aliphatic heterocycles. The van der Waals surface area contributed by atoms with Crippen molar-refractivity contribution in [3.05, 3.63) is 48.0 Å². The predicted octanol–water partition coefficient (Wildman–Crippen LogP) is 2.99. The van der Waals surface area contributed by atoms with Crippen LogP contribution in [-0.4, -0.2) is 58.3 Å². The number of ether oxygens (including phenoxy) is 3. The fourth-order valence-electron chi connectivity index (χ4n) is 3.57. The van der Waals surface area contributed by atoms with Gasteiger partial charge in [-0.2, -0.15) is 0 Å². The lowest BCUT2D eigenvalue weighted by Gasteiger charge is -2.36. The predicted molar refractivity (Wildman–Crippen MR) is 110 cm³/mol. The highest BCUT2D eigenvalue weighted by Crippen LogP contribution is 2.31. The second kappa shape index (κ2) is 9.35. The van der Waals surface area contributed by atoms with Crippen LogP contribution in [0, 0.1) is 0 Å². The molecule has 150 valence electrons. The van der Waals surface area contributed by atoms with Gasteiger partial charge in [0.05, 0.1) is 21.3 Å². The average molecular weight is 384 g/mol. The Labute approximate surface area is 166 Å². The summed E-state index contributed by atoms with van der Waals surface area (Å²) in [6.45, 7) is 3.10. The number of hydrogen-bond donors (Lipinski definition) is 0. The highest BCUT2D eigenvalue weighted by molar-refractivity contribution is 5.77. The molecule has 0 aromatic heterocycles. The van der Waals surface area contributed by atoms with Crippen molar-refractivity contribution in [3.63, 3.8) is 0 Å². The van der Waals surface area contributed by atoms with E-state index in [1.165, 1.54) is 0 Å². The zero-order valence-electron chi connectivity index (χ0n) is 16.8. The van der Waals surface area contributed by atoms with Crippen molar-refractivity contribution >= 4 is 11.6 Å². The van der Waals surface area contributed by atoms with E-state index in [4.69, 9.17) is 14.2 Å². The summed E-state index contributed by atoms with van der Waals surface area (Å²) in [4.78, 5) is 16.9. The summed E-state index contributed by atoms with van der Waals surface area (Å²) in [6, 6.07) is 13.8. The minimum Gasteiger partial charge on any atom is -0.497 e. The van der Waals surface area contributed by atoms with Crippen molar-refractivity contribution < 1.29 is 19.0 Å². The lowest BCUT2D eigenvalue weighted by molar-refractivity contribution is -0.131. The number of benzene rings is 2. The van der Waals surface area contributed by atoms with Crippen LogP contribution in [0.4, 0.5) is 5.69 Å². The molecule has 0 aliphatic carbocycles. The molecule has 1 heterocycles. The number of methoxy groups -OCH3 is 3. The van der Waals surface area contributed by atoms with Crippen LogP contribution in [0.3, 0.4) is 0 Å². The highest BCUT2D eigenvalue weighted by Gasteiger charge is 2.22. The molecule has 3 rings (SSSR count). The number of para-hydroxylation sites is 1. The molecule has 2 aromatic rings. The van der Waals surface area contributed by atoms with Crippen LogP contribution in [0.15, 0.2) is 42.5 Å². The normalized spacial score (nSPS) is 14.0. The van der Waals surface area contributed by atoms with Crippen molar-refractivity contribution in [2.24, 2.45) is 0 Å². The van der Waals surface area contributed by atoms with Gasteiger partial charge in [0, 0.05) is 44.4 Å². The van der Waals surface area contributed by atoms with Crippen molar-refractivity contribution in [1.29, 1.82) is 0 Å². The summed E-state index contributed by atoms with van der Waals surface area (Å²) in [5.41, 5.74) is 2.12. The van der Waals surface area contributed by atoms with E-state index >= 15 is 0 Å². The van der Waals surface area contributed by atoms with Crippen LogP contribution in [0.2, 0.25) is 0 Å². The summed E-state index contributed by atoms with van der Waals surface area (Å²) in [5, 5.41) is 0. The molecule has 2 aromatic carbocycles. The molecule has 6 nitrogen and oxygen atoms in total. The van der Waals surface area contributed by atoms with E-state index in [0.29, 0.717) is 24.3 Å². The van der Waals surface area contributed by atoms with Crippen LogP contribution in [0.5, 0.6) is 17.2 Å². The molecule has 0 unspecified atom stereocenters. The van der Waals surface area contributed by atoms with E-state index in [1.807, 2.05) is 41.3 Å².